The molecule has 3 aromatic rings. The summed E-state index contributed by atoms with van der Waals surface area (Å²) in [6, 6.07) is 4.01. The molecule has 29 heavy (non-hydrogen) atoms. The van der Waals surface area contributed by atoms with Crippen molar-refractivity contribution in [1.29, 1.82) is 5.26 Å². The van der Waals surface area contributed by atoms with Gasteiger partial charge in [-0.25, -0.2) is 19.9 Å². The minimum Gasteiger partial charge on any atom is -0.481 e. The predicted octanol–water partition coefficient (Wildman–Crippen LogP) is 3.75. The summed E-state index contributed by atoms with van der Waals surface area (Å²) in [5.41, 5.74) is 7.66. The van der Waals surface area contributed by atoms with Crippen molar-refractivity contribution in [1.82, 2.24) is 19.9 Å². The lowest BCUT2D eigenvalue weighted by molar-refractivity contribution is 0.402. The van der Waals surface area contributed by atoms with E-state index in [0.717, 1.165) is 22.8 Å². The van der Waals surface area contributed by atoms with E-state index < -0.39 is 5.54 Å². The molecule has 1 atom stereocenters. The molecule has 0 fully saturated rings. The van der Waals surface area contributed by atoms with Gasteiger partial charge in [0.1, 0.15) is 17.7 Å². The third-order valence-corrected chi connectivity index (χ3v) is 4.86. The third kappa shape index (κ3) is 4.10. The molecule has 3 rings (SSSR count). The highest BCUT2D eigenvalue weighted by Gasteiger charge is 2.21. The van der Waals surface area contributed by atoms with Crippen LogP contribution in [0.25, 0.3) is 10.8 Å². The van der Waals surface area contributed by atoms with Crippen molar-refractivity contribution in [3.63, 3.8) is 0 Å². The van der Waals surface area contributed by atoms with Crippen LogP contribution in [0.15, 0.2) is 24.7 Å². The Bertz CT molecular complexity index is 1080. The number of methoxy groups -OCH3 is 1. The Hall–Kier alpha value is -3.31. The molecule has 0 bridgehead atoms. The summed E-state index contributed by atoms with van der Waals surface area (Å²) in [6.45, 7) is 7.93. The van der Waals surface area contributed by atoms with Crippen LogP contribution in [0.2, 0.25) is 0 Å². The molecule has 0 amide bonds. The van der Waals surface area contributed by atoms with Gasteiger partial charge in [-0.1, -0.05) is 13.8 Å². The maximum absolute atomic E-state index is 9.30. The van der Waals surface area contributed by atoms with Gasteiger partial charge < -0.3 is 15.8 Å². The topological polar surface area (TPSA) is 123 Å². The minimum absolute atomic E-state index is 0.128. The maximum Gasteiger partial charge on any atom is 0.222 e. The lowest BCUT2D eigenvalue weighted by atomic mass is 9.93. The molecule has 0 aliphatic heterocycles. The van der Waals surface area contributed by atoms with E-state index in [1.165, 1.54) is 6.20 Å². The molecule has 0 spiro atoms. The first-order valence-electron chi connectivity index (χ1n) is 9.44. The molecule has 0 aliphatic rings. The van der Waals surface area contributed by atoms with Gasteiger partial charge in [-0.05, 0) is 37.3 Å². The molecule has 8 heteroatoms. The van der Waals surface area contributed by atoms with Gasteiger partial charge in [-0.2, -0.15) is 5.26 Å². The first kappa shape index (κ1) is 20.4. The summed E-state index contributed by atoms with van der Waals surface area (Å²) < 4.78 is 5.37. The molecule has 150 valence electrons. The van der Waals surface area contributed by atoms with Gasteiger partial charge >= 0.3 is 0 Å². The highest BCUT2D eigenvalue weighted by atomic mass is 16.5. The molecular formula is C21H25N7O. The molecule has 8 nitrogen and oxygen atoms in total. The number of anilines is 2. The smallest absolute Gasteiger partial charge is 0.222 e. The second-order valence-corrected chi connectivity index (χ2v) is 7.55. The van der Waals surface area contributed by atoms with E-state index in [4.69, 9.17) is 10.5 Å². The Morgan fingerprint density at radius 1 is 1.17 bits per heavy atom. The van der Waals surface area contributed by atoms with Crippen LogP contribution in [0.3, 0.4) is 0 Å². The number of hydrogen-bond acceptors (Lipinski definition) is 8. The summed E-state index contributed by atoms with van der Waals surface area (Å²) in [6.07, 6.45) is 5.83. The third-order valence-electron chi connectivity index (χ3n) is 4.86. The number of nitrogens with two attached hydrogens (primary N) is 1. The molecule has 0 aromatic carbocycles. The van der Waals surface area contributed by atoms with E-state index in [2.05, 4.69) is 38.2 Å². The normalized spacial score (nSPS) is 12.4. The van der Waals surface area contributed by atoms with Gasteiger partial charge in [-0.3, -0.25) is 0 Å². The first-order valence-corrected chi connectivity index (χ1v) is 9.44. The Balaban J connectivity index is 2.07. The maximum atomic E-state index is 9.30. The highest BCUT2D eigenvalue weighted by molar-refractivity contribution is 5.91. The first-order chi connectivity index (χ1) is 13.8. The fourth-order valence-electron chi connectivity index (χ4n) is 3.07. The number of rotatable bonds is 6. The molecule has 0 unspecified atom stereocenters. The van der Waals surface area contributed by atoms with E-state index in [1.807, 2.05) is 26.8 Å². The van der Waals surface area contributed by atoms with Crippen LogP contribution in [0.4, 0.5) is 11.6 Å². The summed E-state index contributed by atoms with van der Waals surface area (Å²) in [5.74, 6) is 1.74. The number of nitriles is 1. The van der Waals surface area contributed by atoms with Crippen molar-refractivity contribution >= 4 is 22.4 Å². The number of hydrogen-bond donors (Lipinski definition) is 2. The Kier molecular flexibility index (Phi) is 5.62. The van der Waals surface area contributed by atoms with Gasteiger partial charge in [0.15, 0.2) is 5.69 Å². The quantitative estimate of drug-likeness (QED) is 0.651. The van der Waals surface area contributed by atoms with Gasteiger partial charge in [0.2, 0.25) is 5.88 Å². The standard InChI is InChI=1S/C21H25N7O/c1-6-12(2)19-16(8-22)24-11-18(28-19)27-17-7-13-14(9-25-17)20(29-5)26-10-15(13)21(3,4)23/h7,9-12H,6,23H2,1-5H3,(H,25,27,28)/t12-/m1/s1. The van der Waals surface area contributed by atoms with Crippen molar-refractivity contribution in [2.24, 2.45) is 5.73 Å². The second kappa shape index (κ2) is 7.97. The van der Waals surface area contributed by atoms with Crippen molar-refractivity contribution in [2.45, 2.75) is 45.6 Å². The van der Waals surface area contributed by atoms with Crippen LogP contribution in [0.1, 0.15) is 57.0 Å². The fourth-order valence-corrected chi connectivity index (χ4v) is 3.07. The van der Waals surface area contributed by atoms with E-state index in [0.29, 0.717) is 28.9 Å². The van der Waals surface area contributed by atoms with Gasteiger partial charge in [-0.15, -0.1) is 0 Å². The number of fused-ring (bicyclic) bond motifs is 1. The number of nitrogens with one attached hydrogen (secondary N) is 1. The molecule has 3 heterocycles. The number of nitrogens with zero attached hydrogens (tertiary/aromatic N) is 5. The minimum atomic E-state index is -0.589. The monoisotopic (exact) mass is 391 g/mol. The summed E-state index contributed by atoms with van der Waals surface area (Å²) in [7, 11) is 1.57. The zero-order chi connectivity index (χ0) is 21.2. The van der Waals surface area contributed by atoms with Gasteiger partial charge in [0.25, 0.3) is 0 Å². The van der Waals surface area contributed by atoms with E-state index in [9.17, 15) is 5.26 Å². The SMILES string of the molecule is CC[C@@H](C)c1nc(Nc2cc3c(C(C)(C)N)cnc(OC)c3cn2)cnc1C#N. The lowest BCUT2D eigenvalue weighted by Crippen LogP contribution is -2.29. The Morgan fingerprint density at radius 2 is 1.93 bits per heavy atom. The van der Waals surface area contributed by atoms with E-state index in [-0.39, 0.29) is 5.92 Å². The zero-order valence-electron chi connectivity index (χ0n) is 17.3. The fraction of sp³-hybridized carbons (Fsp3) is 0.381. The average Bonchev–Trinajstić information content (AvgIpc) is 2.71. The van der Waals surface area contributed by atoms with E-state index in [1.54, 1.807) is 19.5 Å². The molecular weight excluding hydrogens is 366 g/mol. The number of aromatic nitrogens is 4. The second-order valence-electron chi connectivity index (χ2n) is 7.55. The molecule has 3 aromatic heterocycles. The predicted molar refractivity (Wildman–Crippen MR) is 112 cm³/mol. The highest BCUT2D eigenvalue weighted by Crippen LogP contribution is 2.32. The van der Waals surface area contributed by atoms with Crippen molar-refractivity contribution < 1.29 is 4.74 Å². The summed E-state index contributed by atoms with van der Waals surface area (Å²) in [5, 5.41) is 14.2. The average molecular weight is 391 g/mol. The van der Waals surface area contributed by atoms with Crippen molar-refractivity contribution in [3.8, 4) is 11.9 Å². The van der Waals surface area contributed by atoms with Crippen LogP contribution in [-0.2, 0) is 5.54 Å². The van der Waals surface area contributed by atoms with Crippen LogP contribution in [0.5, 0.6) is 5.88 Å². The molecule has 3 N–H and O–H groups in total. The van der Waals surface area contributed by atoms with Gasteiger partial charge in [0.05, 0.1) is 24.4 Å². The van der Waals surface area contributed by atoms with Gasteiger partial charge in [0, 0.05) is 23.9 Å². The van der Waals surface area contributed by atoms with Crippen molar-refractivity contribution in [2.75, 3.05) is 12.4 Å². The molecule has 0 aliphatic carbocycles. The Morgan fingerprint density at radius 3 is 2.55 bits per heavy atom. The van der Waals surface area contributed by atoms with Crippen LogP contribution in [0, 0.1) is 11.3 Å². The largest absolute Gasteiger partial charge is 0.481 e. The van der Waals surface area contributed by atoms with Crippen LogP contribution in [-0.4, -0.2) is 27.0 Å². The van der Waals surface area contributed by atoms with Crippen LogP contribution < -0.4 is 15.8 Å². The molecule has 0 saturated heterocycles. The van der Waals surface area contributed by atoms with E-state index >= 15 is 0 Å². The number of pyridine rings is 2. The summed E-state index contributed by atoms with van der Waals surface area (Å²) in [4.78, 5) is 17.7. The van der Waals surface area contributed by atoms with Crippen LogP contribution >= 0.6 is 0 Å². The molecule has 0 saturated carbocycles. The lowest BCUT2D eigenvalue weighted by Gasteiger charge is -2.22. The zero-order valence-corrected chi connectivity index (χ0v) is 17.3. The number of ether oxygens (including phenoxy) is 1. The summed E-state index contributed by atoms with van der Waals surface area (Å²) >= 11 is 0. The van der Waals surface area contributed by atoms with Crippen molar-refractivity contribution in [3.05, 3.63) is 41.6 Å². The Labute approximate surface area is 170 Å². The molecule has 0 radical (unpaired) electrons.